The zero-order valence-electron chi connectivity index (χ0n) is 10.0. The van der Waals surface area contributed by atoms with Gasteiger partial charge in [0.05, 0.1) is 12.8 Å². The second-order valence-corrected chi connectivity index (χ2v) is 3.94. The molecule has 0 aliphatic heterocycles. The van der Waals surface area contributed by atoms with Crippen molar-refractivity contribution >= 4 is 6.29 Å². The lowest BCUT2D eigenvalue weighted by Crippen LogP contribution is -1.99. The number of carbonyl (C=O) groups is 1. The molecule has 1 aromatic carbocycles. The summed E-state index contributed by atoms with van der Waals surface area (Å²) in [6.07, 6.45) is 3.50. The van der Waals surface area contributed by atoms with Gasteiger partial charge in [-0.25, -0.2) is 0 Å². The molecule has 88 valence electrons. The van der Waals surface area contributed by atoms with Gasteiger partial charge < -0.3 is 9.30 Å². The highest BCUT2D eigenvalue weighted by atomic mass is 16.5. The van der Waals surface area contributed by atoms with E-state index in [0.717, 1.165) is 28.9 Å². The summed E-state index contributed by atoms with van der Waals surface area (Å²) in [4.78, 5) is 11.0. The zero-order chi connectivity index (χ0) is 12.3. The molecule has 0 aliphatic rings. The SMILES string of the molecule is COc1ccccc1Cc1ccn(C)c1C=O. The molecule has 2 rings (SSSR count). The zero-order valence-corrected chi connectivity index (χ0v) is 10.0. The Bertz CT molecular complexity index is 529. The van der Waals surface area contributed by atoms with Gasteiger partial charge in [0, 0.05) is 19.7 Å². The molecule has 1 aromatic heterocycles. The molecule has 0 unspecified atom stereocenters. The molecular weight excluding hydrogens is 214 g/mol. The van der Waals surface area contributed by atoms with Crippen LogP contribution in [-0.4, -0.2) is 18.0 Å². The van der Waals surface area contributed by atoms with Crippen molar-refractivity contribution in [3.8, 4) is 5.75 Å². The van der Waals surface area contributed by atoms with Gasteiger partial charge in [-0.2, -0.15) is 0 Å². The number of aromatic nitrogens is 1. The van der Waals surface area contributed by atoms with E-state index >= 15 is 0 Å². The van der Waals surface area contributed by atoms with E-state index < -0.39 is 0 Å². The fourth-order valence-corrected chi connectivity index (χ4v) is 1.96. The quantitative estimate of drug-likeness (QED) is 0.754. The van der Waals surface area contributed by atoms with E-state index in [9.17, 15) is 4.79 Å². The highest BCUT2D eigenvalue weighted by Crippen LogP contribution is 2.22. The number of para-hydroxylation sites is 1. The van der Waals surface area contributed by atoms with Crippen LogP contribution in [0.2, 0.25) is 0 Å². The first-order valence-electron chi connectivity index (χ1n) is 5.47. The third-order valence-electron chi connectivity index (χ3n) is 2.89. The van der Waals surface area contributed by atoms with Gasteiger partial charge >= 0.3 is 0 Å². The van der Waals surface area contributed by atoms with Crippen LogP contribution in [0.5, 0.6) is 5.75 Å². The minimum absolute atomic E-state index is 0.707. The summed E-state index contributed by atoms with van der Waals surface area (Å²) >= 11 is 0. The van der Waals surface area contributed by atoms with Gasteiger partial charge in [-0.05, 0) is 23.3 Å². The average molecular weight is 229 g/mol. The average Bonchev–Trinajstić information content (AvgIpc) is 2.70. The molecule has 0 saturated heterocycles. The summed E-state index contributed by atoms with van der Waals surface area (Å²) < 4.78 is 7.13. The largest absolute Gasteiger partial charge is 0.496 e. The van der Waals surface area contributed by atoms with E-state index in [2.05, 4.69) is 0 Å². The van der Waals surface area contributed by atoms with Crippen LogP contribution in [0.15, 0.2) is 36.5 Å². The van der Waals surface area contributed by atoms with Crippen LogP contribution in [0.4, 0.5) is 0 Å². The van der Waals surface area contributed by atoms with Crippen molar-refractivity contribution in [3.05, 3.63) is 53.3 Å². The van der Waals surface area contributed by atoms with E-state index in [-0.39, 0.29) is 0 Å². The predicted octanol–water partition coefficient (Wildman–Crippen LogP) is 2.44. The number of nitrogens with zero attached hydrogens (tertiary/aromatic N) is 1. The van der Waals surface area contributed by atoms with Crippen LogP contribution < -0.4 is 4.74 Å². The lowest BCUT2D eigenvalue weighted by molar-refractivity contribution is 0.111. The molecule has 0 radical (unpaired) electrons. The minimum atomic E-state index is 0.707. The van der Waals surface area contributed by atoms with Crippen LogP contribution in [-0.2, 0) is 13.5 Å². The molecule has 2 aromatic rings. The summed E-state index contributed by atoms with van der Waals surface area (Å²) in [5, 5.41) is 0. The smallest absolute Gasteiger partial charge is 0.166 e. The third-order valence-corrected chi connectivity index (χ3v) is 2.89. The maximum atomic E-state index is 11.0. The normalized spacial score (nSPS) is 10.2. The van der Waals surface area contributed by atoms with Crippen LogP contribution in [0.25, 0.3) is 0 Å². The van der Waals surface area contributed by atoms with E-state index in [4.69, 9.17) is 4.74 Å². The molecule has 0 amide bonds. The summed E-state index contributed by atoms with van der Waals surface area (Å²) in [7, 11) is 3.53. The molecule has 0 bridgehead atoms. The summed E-state index contributed by atoms with van der Waals surface area (Å²) in [6.45, 7) is 0. The van der Waals surface area contributed by atoms with Gasteiger partial charge in [0.15, 0.2) is 6.29 Å². The molecule has 0 N–H and O–H groups in total. The van der Waals surface area contributed by atoms with Crippen LogP contribution >= 0.6 is 0 Å². The van der Waals surface area contributed by atoms with Crippen molar-refractivity contribution in [2.75, 3.05) is 7.11 Å². The van der Waals surface area contributed by atoms with E-state index in [0.29, 0.717) is 6.42 Å². The molecule has 0 spiro atoms. The number of rotatable bonds is 4. The first-order valence-corrected chi connectivity index (χ1v) is 5.47. The molecular formula is C14H15NO2. The standard InChI is InChI=1S/C14H15NO2/c1-15-8-7-11(13(15)10-16)9-12-5-3-4-6-14(12)17-2/h3-8,10H,9H2,1-2H3. The molecule has 0 fully saturated rings. The maximum absolute atomic E-state index is 11.0. The molecule has 0 aliphatic carbocycles. The monoisotopic (exact) mass is 229 g/mol. The fraction of sp³-hybridized carbons (Fsp3) is 0.214. The number of hydrogen-bond donors (Lipinski definition) is 0. The fourth-order valence-electron chi connectivity index (χ4n) is 1.96. The second kappa shape index (κ2) is 4.87. The van der Waals surface area contributed by atoms with Crippen molar-refractivity contribution in [2.24, 2.45) is 7.05 Å². The van der Waals surface area contributed by atoms with E-state index in [1.807, 2.05) is 48.1 Å². The first kappa shape index (κ1) is 11.5. The number of benzene rings is 1. The van der Waals surface area contributed by atoms with E-state index in [1.165, 1.54) is 0 Å². The number of methoxy groups -OCH3 is 1. The Morgan fingerprint density at radius 1 is 1.24 bits per heavy atom. The summed E-state index contributed by atoms with van der Waals surface area (Å²) in [5.41, 5.74) is 2.83. The Labute approximate surface area is 101 Å². The van der Waals surface area contributed by atoms with Gasteiger partial charge in [-0.1, -0.05) is 18.2 Å². The Morgan fingerprint density at radius 3 is 2.71 bits per heavy atom. The Morgan fingerprint density at radius 2 is 2.00 bits per heavy atom. The molecule has 3 heteroatoms. The van der Waals surface area contributed by atoms with Gasteiger partial charge in [0.2, 0.25) is 0 Å². The van der Waals surface area contributed by atoms with Gasteiger partial charge in [0.25, 0.3) is 0 Å². The number of aryl methyl sites for hydroxylation is 1. The molecule has 3 nitrogen and oxygen atoms in total. The van der Waals surface area contributed by atoms with Crippen LogP contribution in [0.1, 0.15) is 21.6 Å². The lowest BCUT2D eigenvalue weighted by Gasteiger charge is -2.07. The highest BCUT2D eigenvalue weighted by Gasteiger charge is 2.09. The molecule has 0 atom stereocenters. The Balaban J connectivity index is 2.34. The van der Waals surface area contributed by atoms with Crippen molar-refractivity contribution < 1.29 is 9.53 Å². The third kappa shape index (κ3) is 2.23. The Hall–Kier alpha value is -2.03. The summed E-state index contributed by atoms with van der Waals surface area (Å²) in [6, 6.07) is 9.82. The highest BCUT2D eigenvalue weighted by molar-refractivity contribution is 5.75. The predicted molar refractivity (Wildman–Crippen MR) is 66.6 cm³/mol. The summed E-state index contributed by atoms with van der Waals surface area (Å²) in [5.74, 6) is 0.855. The molecule has 1 heterocycles. The maximum Gasteiger partial charge on any atom is 0.166 e. The van der Waals surface area contributed by atoms with Crippen molar-refractivity contribution in [3.63, 3.8) is 0 Å². The van der Waals surface area contributed by atoms with Gasteiger partial charge in [-0.3, -0.25) is 4.79 Å². The lowest BCUT2D eigenvalue weighted by atomic mass is 10.0. The van der Waals surface area contributed by atoms with Crippen LogP contribution in [0.3, 0.4) is 0 Å². The number of hydrogen-bond acceptors (Lipinski definition) is 2. The van der Waals surface area contributed by atoms with Gasteiger partial charge in [0.1, 0.15) is 5.75 Å². The van der Waals surface area contributed by atoms with Crippen molar-refractivity contribution in [2.45, 2.75) is 6.42 Å². The first-order chi connectivity index (χ1) is 8.26. The molecule has 0 saturated carbocycles. The Kier molecular flexibility index (Phi) is 3.28. The number of carbonyl (C=O) groups excluding carboxylic acids is 1. The van der Waals surface area contributed by atoms with Crippen molar-refractivity contribution in [1.82, 2.24) is 4.57 Å². The number of aldehydes is 1. The second-order valence-electron chi connectivity index (χ2n) is 3.94. The van der Waals surface area contributed by atoms with Crippen LogP contribution in [0, 0.1) is 0 Å². The topological polar surface area (TPSA) is 31.2 Å². The number of ether oxygens (including phenoxy) is 1. The van der Waals surface area contributed by atoms with Crippen molar-refractivity contribution in [1.29, 1.82) is 0 Å². The van der Waals surface area contributed by atoms with E-state index in [1.54, 1.807) is 7.11 Å². The van der Waals surface area contributed by atoms with Gasteiger partial charge in [-0.15, -0.1) is 0 Å². The molecule has 17 heavy (non-hydrogen) atoms. The minimum Gasteiger partial charge on any atom is -0.496 e.